The first-order valence-corrected chi connectivity index (χ1v) is 10.8. The molecule has 0 bridgehead atoms. The van der Waals surface area contributed by atoms with E-state index in [1.807, 2.05) is 0 Å². The number of fused-ring (bicyclic) bond motifs is 3. The van der Waals surface area contributed by atoms with Crippen molar-refractivity contribution in [3.8, 4) is 5.75 Å². The van der Waals surface area contributed by atoms with Gasteiger partial charge in [-0.2, -0.15) is 0 Å². The molecule has 5 heteroatoms. The topological polar surface area (TPSA) is 85.3 Å². The largest absolute Gasteiger partial charge is 0.506 e. The molecule has 0 saturated carbocycles. The number of pyridine rings is 1. The lowest BCUT2D eigenvalue weighted by Crippen LogP contribution is -2.45. The van der Waals surface area contributed by atoms with Crippen LogP contribution in [0.3, 0.4) is 0 Å². The Bertz CT molecular complexity index is 1150. The molecule has 3 aromatic rings. The van der Waals surface area contributed by atoms with E-state index in [0.29, 0.717) is 23.0 Å². The molecule has 1 aromatic heterocycles. The Hall–Kier alpha value is -2.63. The van der Waals surface area contributed by atoms with Gasteiger partial charge < -0.3 is 20.5 Å². The summed E-state index contributed by atoms with van der Waals surface area (Å²) in [6.45, 7) is 2.63. The standard InChI is InChI=1S/C25H28N2O3/c1-25(12-17-10-15-4-2-3-5-16(15)11-18(17)13-25)26-14-22(29)19-6-8-21(28)24-20(19)7-9-23(30)27-24/h6-11,22,26,28-29H,2-5,12-14H2,1H3,(H,27,30)/t22-/m0/s1. The van der Waals surface area contributed by atoms with E-state index < -0.39 is 6.10 Å². The van der Waals surface area contributed by atoms with Crippen molar-refractivity contribution in [2.75, 3.05) is 6.54 Å². The third-order valence-electron chi connectivity index (χ3n) is 6.81. The van der Waals surface area contributed by atoms with Crippen LogP contribution in [0.15, 0.2) is 41.2 Å². The highest BCUT2D eigenvalue weighted by Crippen LogP contribution is 2.35. The van der Waals surface area contributed by atoms with E-state index in [2.05, 4.69) is 29.4 Å². The maximum Gasteiger partial charge on any atom is 0.248 e. The third-order valence-corrected chi connectivity index (χ3v) is 6.81. The summed E-state index contributed by atoms with van der Waals surface area (Å²) < 4.78 is 0. The number of hydrogen-bond donors (Lipinski definition) is 4. The van der Waals surface area contributed by atoms with Crippen LogP contribution >= 0.6 is 0 Å². The molecule has 156 valence electrons. The number of rotatable bonds is 4. The molecule has 5 nitrogen and oxygen atoms in total. The van der Waals surface area contributed by atoms with Gasteiger partial charge in [0.05, 0.1) is 11.6 Å². The van der Waals surface area contributed by atoms with Crippen molar-refractivity contribution >= 4 is 10.9 Å². The van der Waals surface area contributed by atoms with Gasteiger partial charge in [0.15, 0.2) is 0 Å². The molecule has 5 rings (SSSR count). The minimum absolute atomic E-state index is 0.00813. The second kappa shape index (κ2) is 7.25. The second-order valence-corrected chi connectivity index (χ2v) is 9.19. The van der Waals surface area contributed by atoms with Crippen LogP contribution in [-0.2, 0) is 25.7 Å². The first kappa shape index (κ1) is 19.3. The quantitative estimate of drug-likeness (QED) is 0.538. The lowest BCUT2D eigenvalue weighted by molar-refractivity contribution is 0.161. The molecule has 0 spiro atoms. The smallest absolute Gasteiger partial charge is 0.248 e. The highest BCUT2D eigenvalue weighted by molar-refractivity contribution is 5.87. The number of aromatic hydroxyl groups is 1. The molecular formula is C25H28N2O3. The van der Waals surface area contributed by atoms with Gasteiger partial charge in [-0.3, -0.25) is 4.79 Å². The predicted octanol–water partition coefficient (Wildman–Crippen LogP) is 3.29. The average molecular weight is 405 g/mol. The molecule has 2 aliphatic rings. The number of phenolic OH excluding ortho intramolecular Hbond substituents is 1. The molecule has 30 heavy (non-hydrogen) atoms. The highest BCUT2D eigenvalue weighted by Gasteiger charge is 2.34. The van der Waals surface area contributed by atoms with Gasteiger partial charge in [0.2, 0.25) is 5.56 Å². The van der Waals surface area contributed by atoms with Crippen LogP contribution in [0, 0.1) is 0 Å². The number of nitrogens with one attached hydrogen (secondary N) is 2. The number of aromatic amines is 1. The van der Waals surface area contributed by atoms with Crippen LogP contribution < -0.4 is 10.9 Å². The van der Waals surface area contributed by atoms with Crippen molar-refractivity contribution in [2.45, 2.75) is 57.1 Å². The van der Waals surface area contributed by atoms with Crippen molar-refractivity contribution in [3.63, 3.8) is 0 Å². The fourth-order valence-electron chi connectivity index (χ4n) is 5.25. The molecular weight excluding hydrogens is 376 g/mol. The number of hydrogen-bond acceptors (Lipinski definition) is 4. The zero-order valence-electron chi connectivity index (χ0n) is 17.3. The van der Waals surface area contributed by atoms with Crippen LogP contribution in [0.5, 0.6) is 5.75 Å². The van der Waals surface area contributed by atoms with Crippen LogP contribution in [0.1, 0.15) is 53.7 Å². The zero-order valence-corrected chi connectivity index (χ0v) is 17.3. The first-order valence-electron chi connectivity index (χ1n) is 10.8. The minimum Gasteiger partial charge on any atom is -0.506 e. The summed E-state index contributed by atoms with van der Waals surface area (Å²) in [5, 5.41) is 25.2. The van der Waals surface area contributed by atoms with Gasteiger partial charge in [0, 0.05) is 23.5 Å². The summed E-state index contributed by atoms with van der Waals surface area (Å²) in [6.07, 6.45) is 6.16. The predicted molar refractivity (Wildman–Crippen MR) is 118 cm³/mol. The molecule has 0 radical (unpaired) electrons. The summed E-state index contributed by atoms with van der Waals surface area (Å²) in [5.41, 5.74) is 6.61. The van der Waals surface area contributed by atoms with Crippen LogP contribution in [0.2, 0.25) is 0 Å². The fraction of sp³-hybridized carbons (Fsp3) is 0.400. The van der Waals surface area contributed by atoms with Crippen molar-refractivity contribution in [2.24, 2.45) is 0 Å². The number of H-pyrrole nitrogens is 1. The SMILES string of the molecule is CC1(NC[C@H](O)c2ccc(O)c3[nH]c(=O)ccc23)Cc2cc3c(cc2C1)CCCC3. The number of benzene rings is 2. The summed E-state index contributed by atoms with van der Waals surface area (Å²) in [4.78, 5) is 14.3. The Balaban J connectivity index is 1.34. The minimum atomic E-state index is -0.743. The Labute approximate surface area is 175 Å². The van der Waals surface area contributed by atoms with Gasteiger partial charge in [-0.15, -0.1) is 0 Å². The molecule has 4 N–H and O–H groups in total. The van der Waals surface area contributed by atoms with Gasteiger partial charge >= 0.3 is 0 Å². The Morgan fingerprint density at radius 1 is 1.03 bits per heavy atom. The number of phenols is 1. The summed E-state index contributed by atoms with van der Waals surface area (Å²) in [7, 11) is 0. The van der Waals surface area contributed by atoms with Gasteiger partial charge in [0.1, 0.15) is 5.75 Å². The number of aliphatic hydroxyl groups excluding tert-OH is 1. The first-order chi connectivity index (χ1) is 14.4. The molecule has 2 aromatic carbocycles. The van der Waals surface area contributed by atoms with E-state index in [9.17, 15) is 15.0 Å². The zero-order chi connectivity index (χ0) is 20.9. The normalized spacial score (nSPS) is 18.2. The summed E-state index contributed by atoms with van der Waals surface area (Å²) in [6, 6.07) is 11.1. The lowest BCUT2D eigenvalue weighted by atomic mass is 9.89. The van der Waals surface area contributed by atoms with Gasteiger partial charge in [-0.25, -0.2) is 0 Å². The molecule has 0 aliphatic heterocycles. The average Bonchev–Trinajstić information content (AvgIpc) is 3.06. The lowest BCUT2D eigenvalue weighted by Gasteiger charge is -2.27. The third kappa shape index (κ3) is 3.42. The van der Waals surface area contributed by atoms with E-state index in [1.165, 1.54) is 60.1 Å². The van der Waals surface area contributed by atoms with Crippen molar-refractivity contribution < 1.29 is 10.2 Å². The van der Waals surface area contributed by atoms with Gasteiger partial charge in [0.25, 0.3) is 0 Å². The number of β-amino-alcohol motifs (C(OH)–C–C–N with tert-alkyl or cyclic N) is 1. The summed E-state index contributed by atoms with van der Waals surface area (Å²) in [5.74, 6) is 0.00813. The van der Waals surface area contributed by atoms with E-state index in [1.54, 1.807) is 12.1 Å². The maximum absolute atomic E-state index is 11.6. The monoisotopic (exact) mass is 404 g/mol. The Morgan fingerprint density at radius 3 is 2.37 bits per heavy atom. The van der Waals surface area contributed by atoms with Crippen LogP contribution in [0.4, 0.5) is 0 Å². The summed E-state index contributed by atoms with van der Waals surface area (Å²) >= 11 is 0. The van der Waals surface area contributed by atoms with Crippen LogP contribution in [0.25, 0.3) is 10.9 Å². The molecule has 0 unspecified atom stereocenters. The van der Waals surface area contributed by atoms with Gasteiger partial charge in [-0.1, -0.05) is 18.2 Å². The second-order valence-electron chi connectivity index (χ2n) is 9.19. The number of aliphatic hydroxyl groups is 1. The van der Waals surface area contributed by atoms with E-state index in [-0.39, 0.29) is 16.8 Å². The molecule has 0 saturated heterocycles. The van der Waals surface area contributed by atoms with Crippen molar-refractivity contribution in [3.05, 3.63) is 74.6 Å². The van der Waals surface area contributed by atoms with Crippen LogP contribution in [-0.4, -0.2) is 27.3 Å². The molecule has 0 fully saturated rings. The highest BCUT2D eigenvalue weighted by atomic mass is 16.3. The van der Waals surface area contributed by atoms with Crippen molar-refractivity contribution in [1.82, 2.24) is 10.3 Å². The Kier molecular flexibility index (Phi) is 4.68. The van der Waals surface area contributed by atoms with Gasteiger partial charge in [-0.05, 0) is 85.4 Å². The number of aromatic nitrogens is 1. The molecule has 2 aliphatic carbocycles. The number of aryl methyl sites for hydroxylation is 2. The van der Waals surface area contributed by atoms with E-state index in [4.69, 9.17) is 0 Å². The molecule has 1 heterocycles. The fourth-order valence-corrected chi connectivity index (χ4v) is 5.25. The van der Waals surface area contributed by atoms with Crippen molar-refractivity contribution in [1.29, 1.82) is 0 Å². The molecule has 1 atom stereocenters. The van der Waals surface area contributed by atoms with E-state index >= 15 is 0 Å². The van der Waals surface area contributed by atoms with E-state index in [0.717, 1.165) is 12.8 Å². The Morgan fingerprint density at radius 2 is 1.70 bits per heavy atom. The maximum atomic E-state index is 11.6. The molecule has 0 amide bonds.